The second-order valence-electron chi connectivity index (χ2n) is 4.08. The molecule has 2 rings (SSSR count). The molecule has 1 atom stereocenters. The molecule has 1 unspecified atom stereocenters. The first-order chi connectivity index (χ1) is 7.59. The van der Waals surface area contributed by atoms with Crippen LogP contribution in [0, 0.1) is 0 Å². The average Bonchev–Trinajstić information content (AvgIpc) is 2.67. The van der Waals surface area contributed by atoms with Crippen LogP contribution in [0.1, 0.15) is 30.1 Å². The third-order valence-electron chi connectivity index (χ3n) is 2.93. The van der Waals surface area contributed by atoms with Gasteiger partial charge in [0.2, 0.25) is 0 Å². The van der Waals surface area contributed by atoms with Gasteiger partial charge in [-0.25, -0.2) is 4.98 Å². The maximum atomic E-state index is 12.2. The molecule has 1 aromatic heterocycles. The third kappa shape index (κ3) is 2.04. The van der Waals surface area contributed by atoms with Gasteiger partial charge in [-0.3, -0.25) is 4.79 Å². The lowest BCUT2D eigenvalue weighted by atomic mass is 10.2. The van der Waals surface area contributed by atoms with Crippen molar-refractivity contribution in [1.29, 1.82) is 0 Å². The number of nitrogen functional groups attached to an aromatic ring is 1. The summed E-state index contributed by atoms with van der Waals surface area (Å²) < 4.78 is 0.775. The van der Waals surface area contributed by atoms with Crippen molar-refractivity contribution < 1.29 is 4.79 Å². The van der Waals surface area contributed by atoms with Gasteiger partial charge in [0.05, 0.1) is 5.56 Å². The van der Waals surface area contributed by atoms with E-state index in [-0.39, 0.29) is 5.91 Å². The minimum absolute atomic E-state index is 0.0173. The number of rotatable bonds is 1. The van der Waals surface area contributed by atoms with E-state index in [2.05, 4.69) is 27.8 Å². The number of pyridine rings is 1. The molecular formula is C11H14BrN3O. The molecule has 0 saturated carbocycles. The molecule has 2 N–H and O–H groups in total. The number of aromatic nitrogens is 1. The zero-order valence-corrected chi connectivity index (χ0v) is 10.7. The Kier molecular flexibility index (Phi) is 3.14. The summed E-state index contributed by atoms with van der Waals surface area (Å²) in [5.41, 5.74) is 6.21. The van der Waals surface area contributed by atoms with Crippen molar-refractivity contribution in [3.05, 3.63) is 22.3 Å². The first-order valence-corrected chi connectivity index (χ1v) is 6.11. The van der Waals surface area contributed by atoms with E-state index in [0.717, 1.165) is 23.9 Å². The summed E-state index contributed by atoms with van der Waals surface area (Å²) >= 11 is 3.30. The number of nitrogens with two attached hydrogens (primary N) is 1. The number of carbonyl (C=O) groups is 1. The Morgan fingerprint density at radius 2 is 2.44 bits per heavy atom. The number of hydrogen-bond acceptors (Lipinski definition) is 3. The summed E-state index contributed by atoms with van der Waals surface area (Å²) in [6.45, 7) is 2.87. The van der Waals surface area contributed by atoms with Crippen LogP contribution in [-0.2, 0) is 0 Å². The number of nitrogens with zero attached hydrogens (tertiary/aromatic N) is 2. The largest absolute Gasteiger partial charge is 0.383 e. The van der Waals surface area contributed by atoms with Crippen LogP contribution in [0.15, 0.2) is 16.7 Å². The Morgan fingerprint density at radius 3 is 3.06 bits per heavy atom. The maximum Gasteiger partial charge on any atom is 0.257 e. The zero-order valence-electron chi connectivity index (χ0n) is 9.11. The van der Waals surface area contributed by atoms with E-state index >= 15 is 0 Å². The molecule has 4 nitrogen and oxygen atoms in total. The normalized spacial score (nSPS) is 20.1. The van der Waals surface area contributed by atoms with Gasteiger partial charge in [-0.15, -0.1) is 0 Å². The van der Waals surface area contributed by atoms with E-state index in [1.165, 1.54) is 0 Å². The Labute approximate surface area is 103 Å². The fraction of sp³-hybridized carbons (Fsp3) is 0.455. The molecule has 1 fully saturated rings. The van der Waals surface area contributed by atoms with Gasteiger partial charge in [0.1, 0.15) is 5.82 Å². The van der Waals surface area contributed by atoms with Gasteiger partial charge < -0.3 is 10.6 Å². The molecule has 1 aromatic rings. The highest BCUT2D eigenvalue weighted by Crippen LogP contribution is 2.23. The monoisotopic (exact) mass is 283 g/mol. The summed E-state index contributed by atoms with van der Waals surface area (Å²) in [7, 11) is 0. The van der Waals surface area contributed by atoms with Crippen LogP contribution in [0.2, 0.25) is 0 Å². The van der Waals surface area contributed by atoms with Crippen LogP contribution in [-0.4, -0.2) is 28.4 Å². The molecule has 1 aliphatic rings. The third-order valence-corrected chi connectivity index (χ3v) is 3.36. The number of likely N-dealkylation sites (tertiary alicyclic amines) is 1. The van der Waals surface area contributed by atoms with Gasteiger partial charge in [0.15, 0.2) is 0 Å². The highest BCUT2D eigenvalue weighted by atomic mass is 79.9. The molecule has 1 aliphatic heterocycles. The first-order valence-electron chi connectivity index (χ1n) is 5.31. The van der Waals surface area contributed by atoms with Crippen LogP contribution >= 0.6 is 15.9 Å². The van der Waals surface area contributed by atoms with Crippen molar-refractivity contribution >= 4 is 27.7 Å². The zero-order chi connectivity index (χ0) is 11.7. The van der Waals surface area contributed by atoms with Crippen LogP contribution in [0.5, 0.6) is 0 Å². The Balaban J connectivity index is 2.29. The number of carbonyl (C=O) groups excluding carboxylic acids is 1. The van der Waals surface area contributed by atoms with Gasteiger partial charge in [-0.05, 0) is 41.8 Å². The predicted octanol–water partition coefficient (Wildman–Crippen LogP) is 2.05. The lowest BCUT2D eigenvalue weighted by Crippen LogP contribution is -2.34. The SMILES string of the molecule is CC1CCCN1C(=O)c1cc(Br)cnc1N. The van der Waals surface area contributed by atoms with Crippen molar-refractivity contribution in [3.8, 4) is 0 Å². The Bertz CT molecular complexity index is 422. The van der Waals surface area contributed by atoms with Crippen molar-refractivity contribution in [2.75, 3.05) is 12.3 Å². The molecule has 5 heteroatoms. The average molecular weight is 284 g/mol. The predicted molar refractivity (Wildman–Crippen MR) is 66.1 cm³/mol. The molecular weight excluding hydrogens is 270 g/mol. The molecule has 0 aliphatic carbocycles. The second-order valence-corrected chi connectivity index (χ2v) is 4.99. The van der Waals surface area contributed by atoms with Gasteiger partial charge in [0.25, 0.3) is 5.91 Å². The van der Waals surface area contributed by atoms with Crippen LogP contribution < -0.4 is 5.73 Å². The molecule has 16 heavy (non-hydrogen) atoms. The molecule has 86 valence electrons. The number of hydrogen-bond donors (Lipinski definition) is 1. The molecule has 1 amide bonds. The van der Waals surface area contributed by atoms with E-state index < -0.39 is 0 Å². The smallest absolute Gasteiger partial charge is 0.257 e. The van der Waals surface area contributed by atoms with Crippen LogP contribution in [0.3, 0.4) is 0 Å². The number of anilines is 1. The lowest BCUT2D eigenvalue weighted by molar-refractivity contribution is 0.0748. The van der Waals surface area contributed by atoms with E-state index in [9.17, 15) is 4.79 Å². The fourth-order valence-corrected chi connectivity index (χ4v) is 2.34. The molecule has 1 saturated heterocycles. The second kappa shape index (κ2) is 4.41. The van der Waals surface area contributed by atoms with Gasteiger partial charge in [0, 0.05) is 23.3 Å². The van der Waals surface area contributed by atoms with Crippen LogP contribution in [0.4, 0.5) is 5.82 Å². The van der Waals surface area contributed by atoms with Gasteiger partial charge in [-0.2, -0.15) is 0 Å². The highest BCUT2D eigenvalue weighted by molar-refractivity contribution is 9.10. The van der Waals surface area contributed by atoms with Crippen molar-refractivity contribution in [2.45, 2.75) is 25.8 Å². The minimum atomic E-state index is -0.0173. The topological polar surface area (TPSA) is 59.2 Å². The molecule has 0 bridgehead atoms. The fourth-order valence-electron chi connectivity index (χ4n) is 2.01. The number of halogens is 1. The molecule has 0 aromatic carbocycles. The minimum Gasteiger partial charge on any atom is -0.383 e. The van der Waals surface area contributed by atoms with E-state index in [0.29, 0.717) is 17.4 Å². The summed E-state index contributed by atoms with van der Waals surface area (Å²) in [4.78, 5) is 18.1. The van der Waals surface area contributed by atoms with E-state index in [4.69, 9.17) is 5.73 Å². The summed E-state index contributed by atoms with van der Waals surface area (Å²) in [6.07, 6.45) is 3.72. The van der Waals surface area contributed by atoms with Crippen molar-refractivity contribution in [2.24, 2.45) is 0 Å². The Hall–Kier alpha value is -1.10. The van der Waals surface area contributed by atoms with Crippen molar-refractivity contribution in [1.82, 2.24) is 9.88 Å². The highest BCUT2D eigenvalue weighted by Gasteiger charge is 2.27. The number of amides is 1. The molecule has 0 radical (unpaired) electrons. The van der Waals surface area contributed by atoms with Crippen LogP contribution in [0.25, 0.3) is 0 Å². The molecule has 2 heterocycles. The maximum absolute atomic E-state index is 12.2. The summed E-state index contributed by atoms with van der Waals surface area (Å²) in [6, 6.07) is 2.03. The first kappa shape index (κ1) is 11.4. The van der Waals surface area contributed by atoms with Crippen molar-refractivity contribution in [3.63, 3.8) is 0 Å². The molecule has 0 spiro atoms. The summed E-state index contributed by atoms with van der Waals surface area (Å²) in [5.74, 6) is 0.281. The van der Waals surface area contributed by atoms with E-state index in [1.807, 2.05) is 4.90 Å². The Morgan fingerprint density at radius 1 is 1.69 bits per heavy atom. The lowest BCUT2D eigenvalue weighted by Gasteiger charge is -2.21. The summed E-state index contributed by atoms with van der Waals surface area (Å²) in [5, 5.41) is 0. The van der Waals surface area contributed by atoms with E-state index in [1.54, 1.807) is 12.3 Å². The standard InChI is InChI=1S/C11H14BrN3O/c1-7-3-2-4-15(7)11(16)9-5-8(12)6-14-10(9)13/h5-7H,2-4H2,1H3,(H2,13,14). The quantitative estimate of drug-likeness (QED) is 0.858. The van der Waals surface area contributed by atoms with Gasteiger partial charge in [-0.1, -0.05) is 0 Å². The van der Waals surface area contributed by atoms with Gasteiger partial charge >= 0.3 is 0 Å².